The molecule has 6 nitrogen and oxygen atoms in total. The number of rotatable bonds is 9. The number of hydrogen-bond donors (Lipinski definition) is 1. The van der Waals surface area contributed by atoms with E-state index in [0.717, 1.165) is 53.6 Å². The summed E-state index contributed by atoms with van der Waals surface area (Å²) in [4.78, 5) is 26.1. The number of esters is 2. The van der Waals surface area contributed by atoms with Crippen molar-refractivity contribution in [1.82, 2.24) is 0 Å². The minimum absolute atomic E-state index is 0.0995. The van der Waals surface area contributed by atoms with Gasteiger partial charge in [-0.3, -0.25) is 4.79 Å². The monoisotopic (exact) mass is 702 g/mol. The van der Waals surface area contributed by atoms with Crippen molar-refractivity contribution in [3.8, 4) is 0 Å². The van der Waals surface area contributed by atoms with Crippen LogP contribution >= 0.6 is 0 Å². The van der Waals surface area contributed by atoms with Gasteiger partial charge in [-0.15, -0.1) is 0 Å². The maximum Gasteiger partial charge on any atom is 0.334 e. The van der Waals surface area contributed by atoms with Crippen LogP contribution < -0.4 is 0 Å². The number of fused-ring (bicyclic) bond motifs is 3. The van der Waals surface area contributed by atoms with Gasteiger partial charge in [0.25, 0.3) is 0 Å². The molecule has 282 valence electrons. The van der Waals surface area contributed by atoms with Crippen LogP contribution in [-0.2, 0) is 25.5 Å². The van der Waals surface area contributed by atoms with Crippen LogP contribution in [0.2, 0.25) is 0 Å². The molecule has 0 spiro atoms. The van der Waals surface area contributed by atoms with E-state index in [9.17, 15) is 9.59 Å². The number of aliphatic hydroxyl groups excluding tert-OH is 1. The fourth-order valence-electron chi connectivity index (χ4n) is 8.56. The molecule has 51 heavy (non-hydrogen) atoms. The average molecular weight is 703 g/mol. The Hall–Kier alpha value is -3.38. The lowest BCUT2D eigenvalue weighted by Crippen LogP contribution is -2.36. The normalized spacial score (nSPS) is 24.7. The number of hydrogen-bond acceptors (Lipinski definition) is 6. The van der Waals surface area contributed by atoms with E-state index in [4.69, 9.17) is 19.0 Å². The zero-order chi connectivity index (χ0) is 37.8. The maximum absolute atomic E-state index is 13.4. The van der Waals surface area contributed by atoms with Gasteiger partial charge >= 0.3 is 11.9 Å². The molecule has 3 aliphatic rings. The molecule has 0 radical (unpaired) electrons. The number of benzene rings is 2. The Balaban J connectivity index is 0.000000505. The SMILES string of the molecule is CC.CCC(CC)(Cc1cc2cc(C)ccc2o1)C(=O)OCC1C/C(=C\CC2(C)CC3CC(C)CC(C3)C2)C(=O)O1.CO.Cc1ccc(C)cc1. The average Bonchev–Trinajstić information content (AvgIpc) is 3.69. The molecule has 1 aromatic heterocycles. The van der Waals surface area contributed by atoms with Crippen molar-refractivity contribution in [1.29, 1.82) is 0 Å². The van der Waals surface area contributed by atoms with E-state index in [0.29, 0.717) is 25.7 Å². The standard InChI is InChI=1S/C34H46O5.C8H10.C2H6.CH4O/c1-6-34(7-2,20-28-17-27-14-22(3)8-9-30(27)38-28)32(36)37-21-29-16-26(31(35)39-29)10-11-33(5)18-24-12-23(4)13-25(15-24)19-33;1-7-3-5-8(2)6-4-7;2*1-2/h8-10,14,17,23-25,29H,6-7,11-13,15-16,18-21H2,1-5H3;3-6H,1-2H3;1-2H3;2H,1H3/b26-10+;;;. The fourth-order valence-corrected chi connectivity index (χ4v) is 8.56. The van der Waals surface area contributed by atoms with Crippen molar-refractivity contribution in [2.24, 2.45) is 28.6 Å². The van der Waals surface area contributed by atoms with Gasteiger partial charge in [0.15, 0.2) is 0 Å². The first kappa shape index (κ1) is 42.0. The second kappa shape index (κ2) is 19.5. The number of furan rings is 1. The summed E-state index contributed by atoms with van der Waals surface area (Å²) in [5, 5.41) is 8.05. The van der Waals surface area contributed by atoms with Crippen molar-refractivity contribution < 1.29 is 28.6 Å². The first-order chi connectivity index (χ1) is 24.4. The Morgan fingerprint density at radius 2 is 1.49 bits per heavy atom. The van der Waals surface area contributed by atoms with Crippen molar-refractivity contribution in [3.63, 3.8) is 0 Å². The zero-order valence-electron chi connectivity index (χ0n) is 33.3. The molecule has 3 aromatic rings. The minimum atomic E-state index is -0.671. The minimum Gasteiger partial charge on any atom is -0.461 e. The summed E-state index contributed by atoms with van der Waals surface area (Å²) in [7, 11) is 1.00. The highest BCUT2D eigenvalue weighted by Gasteiger charge is 2.42. The second-order valence-electron chi connectivity index (χ2n) is 15.6. The Kier molecular flexibility index (Phi) is 16.0. The molecule has 6 heteroatoms. The summed E-state index contributed by atoms with van der Waals surface area (Å²) in [5.41, 5.74) is 5.01. The highest BCUT2D eigenvalue weighted by molar-refractivity contribution is 5.90. The number of carbonyl (C=O) groups excluding carboxylic acids is 2. The van der Waals surface area contributed by atoms with E-state index < -0.39 is 11.5 Å². The van der Waals surface area contributed by atoms with Crippen molar-refractivity contribution in [2.45, 2.75) is 133 Å². The second-order valence-corrected chi connectivity index (χ2v) is 15.6. The highest BCUT2D eigenvalue weighted by atomic mass is 16.6. The summed E-state index contributed by atoms with van der Waals surface area (Å²) >= 11 is 0. The number of aliphatic hydroxyl groups is 1. The first-order valence-electron chi connectivity index (χ1n) is 19.4. The highest BCUT2D eigenvalue weighted by Crippen LogP contribution is 2.52. The van der Waals surface area contributed by atoms with E-state index in [2.05, 4.69) is 71.0 Å². The Bertz CT molecular complexity index is 1520. The predicted octanol–water partition coefficient (Wildman–Crippen LogP) is 11.1. The molecule has 2 aliphatic carbocycles. The lowest BCUT2D eigenvalue weighted by atomic mass is 9.58. The van der Waals surface area contributed by atoms with E-state index >= 15 is 0 Å². The molecule has 2 aromatic carbocycles. The number of ether oxygens (including phenoxy) is 2. The molecule has 2 heterocycles. The molecule has 6 rings (SSSR count). The van der Waals surface area contributed by atoms with E-state index in [1.165, 1.54) is 48.8 Å². The molecule has 2 saturated carbocycles. The summed E-state index contributed by atoms with van der Waals surface area (Å²) in [6.45, 7) is 19.2. The van der Waals surface area contributed by atoms with Gasteiger partial charge in [0, 0.05) is 30.9 Å². The van der Waals surface area contributed by atoms with Gasteiger partial charge in [-0.25, -0.2) is 4.79 Å². The van der Waals surface area contributed by atoms with Crippen molar-refractivity contribution in [3.05, 3.63) is 82.6 Å². The van der Waals surface area contributed by atoms with Crippen molar-refractivity contribution in [2.75, 3.05) is 13.7 Å². The number of aryl methyl sites for hydroxylation is 3. The van der Waals surface area contributed by atoms with Gasteiger partial charge in [0.05, 0.1) is 5.41 Å². The smallest absolute Gasteiger partial charge is 0.334 e. The van der Waals surface area contributed by atoms with Crippen LogP contribution in [0.15, 0.2) is 64.6 Å². The number of cyclic esters (lactones) is 1. The fraction of sp³-hybridized carbons (Fsp3) is 0.600. The van der Waals surface area contributed by atoms with Gasteiger partial charge in [0.2, 0.25) is 0 Å². The van der Waals surface area contributed by atoms with Crippen LogP contribution in [0, 0.1) is 49.4 Å². The summed E-state index contributed by atoms with van der Waals surface area (Å²) in [5.74, 6) is 2.82. The first-order valence-corrected chi connectivity index (χ1v) is 19.4. The third-order valence-electron chi connectivity index (χ3n) is 11.2. The third kappa shape index (κ3) is 11.6. The van der Waals surface area contributed by atoms with E-state index in [1.54, 1.807) is 0 Å². The molecule has 3 atom stereocenters. The zero-order valence-corrected chi connectivity index (χ0v) is 33.3. The van der Waals surface area contributed by atoms with Crippen LogP contribution in [0.5, 0.6) is 0 Å². The van der Waals surface area contributed by atoms with Crippen LogP contribution in [0.3, 0.4) is 0 Å². The third-order valence-corrected chi connectivity index (χ3v) is 11.2. The lowest BCUT2D eigenvalue weighted by Gasteiger charge is -2.47. The summed E-state index contributed by atoms with van der Waals surface area (Å²) in [6.07, 6.45) is 11.5. The number of carbonyl (C=O) groups is 2. The van der Waals surface area contributed by atoms with Gasteiger partial charge < -0.3 is 19.0 Å². The largest absolute Gasteiger partial charge is 0.461 e. The van der Waals surface area contributed by atoms with Gasteiger partial charge in [-0.1, -0.05) is 94.6 Å². The molecule has 0 amide bonds. The molecule has 3 unspecified atom stereocenters. The van der Waals surface area contributed by atoms with Crippen molar-refractivity contribution >= 4 is 22.9 Å². The topological polar surface area (TPSA) is 86.0 Å². The molecular formula is C45H66O6. The maximum atomic E-state index is 13.4. The number of allylic oxidation sites excluding steroid dienone is 1. The molecule has 1 aliphatic heterocycles. The van der Waals surface area contributed by atoms with Crippen LogP contribution in [0.1, 0.15) is 122 Å². The molecular weight excluding hydrogens is 636 g/mol. The van der Waals surface area contributed by atoms with Gasteiger partial charge in [-0.2, -0.15) is 0 Å². The van der Waals surface area contributed by atoms with Gasteiger partial charge in [0.1, 0.15) is 24.1 Å². The predicted molar refractivity (Wildman–Crippen MR) is 209 cm³/mol. The lowest BCUT2D eigenvalue weighted by molar-refractivity contribution is -0.162. The Labute approximate surface area is 308 Å². The summed E-state index contributed by atoms with van der Waals surface area (Å²) < 4.78 is 17.5. The Morgan fingerprint density at radius 1 is 0.922 bits per heavy atom. The van der Waals surface area contributed by atoms with Gasteiger partial charge in [-0.05, 0) is 114 Å². The molecule has 1 N–H and O–H groups in total. The van der Waals surface area contributed by atoms with Crippen LogP contribution in [0.4, 0.5) is 0 Å². The molecule has 1 saturated heterocycles. The molecule has 2 bridgehead atoms. The van der Waals surface area contributed by atoms with E-state index in [1.807, 2.05) is 45.9 Å². The van der Waals surface area contributed by atoms with Crippen LogP contribution in [-0.4, -0.2) is 36.9 Å². The quantitative estimate of drug-likeness (QED) is 0.176. The molecule has 3 fully saturated rings. The van der Waals surface area contributed by atoms with E-state index in [-0.39, 0.29) is 24.0 Å². The summed E-state index contributed by atoms with van der Waals surface area (Å²) in [6, 6.07) is 16.6. The van der Waals surface area contributed by atoms with Crippen LogP contribution in [0.25, 0.3) is 11.0 Å². The Morgan fingerprint density at radius 3 is 2.06 bits per heavy atom.